The first kappa shape index (κ1) is 26.8. The topological polar surface area (TPSA) is 49.4 Å². The maximum Gasteiger partial charge on any atom is 0.243 e. The molecule has 0 aliphatic heterocycles. The van der Waals surface area contributed by atoms with Crippen molar-refractivity contribution in [3.8, 4) is 0 Å². The number of amides is 2. The minimum Gasteiger partial charge on any atom is -0.354 e. The molecule has 0 saturated carbocycles. The van der Waals surface area contributed by atoms with Gasteiger partial charge in [0.1, 0.15) is 6.04 Å². The average Bonchev–Trinajstić information content (AvgIpc) is 2.88. The Kier molecular flexibility index (Phi) is 11.2. The molecule has 3 rings (SSSR count). The Balaban J connectivity index is 1.82. The normalized spacial score (nSPS) is 11.6. The van der Waals surface area contributed by atoms with Crippen LogP contribution in [-0.2, 0) is 22.6 Å². The summed E-state index contributed by atoms with van der Waals surface area (Å²) in [6.07, 6.45) is 2.71. The fourth-order valence-corrected chi connectivity index (χ4v) is 4.75. The molecule has 0 spiro atoms. The van der Waals surface area contributed by atoms with Crippen LogP contribution in [0.15, 0.2) is 89.8 Å². The number of benzene rings is 3. The number of carbonyl (C=O) groups is 2. The van der Waals surface area contributed by atoms with Crippen molar-refractivity contribution in [3.05, 3.63) is 101 Å². The third kappa shape index (κ3) is 9.08. The van der Waals surface area contributed by atoms with E-state index in [1.54, 1.807) is 16.7 Å². The third-order valence-corrected chi connectivity index (χ3v) is 6.96. The lowest BCUT2D eigenvalue weighted by Crippen LogP contribution is -2.50. The molecule has 3 aromatic carbocycles. The van der Waals surface area contributed by atoms with Gasteiger partial charge in [-0.2, -0.15) is 0 Å². The summed E-state index contributed by atoms with van der Waals surface area (Å²) in [6, 6.07) is 26.8. The van der Waals surface area contributed by atoms with E-state index in [1.165, 1.54) is 0 Å². The predicted molar refractivity (Wildman–Crippen MR) is 146 cm³/mol. The SMILES string of the molecule is CCCCNC(=O)[C@@H](Cc1ccccc1)N(Cc1ccc(Cl)cc1)C(=O)CCSc1ccccc1. The zero-order valence-corrected chi connectivity index (χ0v) is 21.7. The van der Waals surface area contributed by atoms with Gasteiger partial charge >= 0.3 is 0 Å². The molecule has 0 aliphatic carbocycles. The molecule has 3 aromatic rings. The van der Waals surface area contributed by atoms with Crippen molar-refractivity contribution >= 4 is 35.2 Å². The second-order valence-electron chi connectivity index (χ2n) is 8.41. The molecular weight excluding hydrogens is 476 g/mol. The van der Waals surface area contributed by atoms with Gasteiger partial charge in [0.15, 0.2) is 0 Å². The average molecular weight is 509 g/mol. The van der Waals surface area contributed by atoms with Crippen LogP contribution in [0.25, 0.3) is 0 Å². The minimum absolute atomic E-state index is 0.0325. The van der Waals surface area contributed by atoms with Crippen molar-refractivity contribution < 1.29 is 9.59 Å². The smallest absolute Gasteiger partial charge is 0.243 e. The highest BCUT2D eigenvalue weighted by molar-refractivity contribution is 7.99. The van der Waals surface area contributed by atoms with Crippen LogP contribution in [0.4, 0.5) is 0 Å². The number of nitrogens with zero attached hydrogens (tertiary/aromatic N) is 1. The highest BCUT2D eigenvalue weighted by Crippen LogP contribution is 2.21. The van der Waals surface area contributed by atoms with Gasteiger partial charge in [0.25, 0.3) is 0 Å². The Morgan fingerprint density at radius 2 is 1.57 bits per heavy atom. The Morgan fingerprint density at radius 1 is 0.914 bits per heavy atom. The molecular formula is C29H33ClN2O2S. The molecule has 0 fully saturated rings. The summed E-state index contributed by atoms with van der Waals surface area (Å²) in [5.41, 5.74) is 1.97. The highest BCUT2D eigenvalue weighted by Gasteiger charge is 2.30. The number of nitrogens with one attached hydrogen (secondary N) is 1. The molecule has 35 heavy (non-hydrogen) atoms. The van der Waals surface area contributed by atoms with Gasteiger partial charge in [-0.15, -0.1) is 11.8 Å². The van der Waals surface area contributed by atoms with Crippen molar-refractivity contribution in [2.75, 3.05) is 12.3 Å². The lowest BCUT2D eigenvalue weighted by Gasteiger charge is -2.31. The molecule has 2 amide bonds. The summed E-state index contributed by atoms with van der Waals surface area (Å²) in [5, 5.41) is 3.70. The number of hydrogen-bond donors (Lipinski definition) is 1. The van der Waals surface area contributed by atoms with E-state index in [0.717, 1.165) is 28.9 Å². The van der Waals surface area contributed by atoms with Gasteiger partial charge in [0.05, 0.1) is 0 Å². The molecule has 0 bridgehead atoms. The molecule has 1 N–H and O–H groups in total. The fraction of sp³-hybridized carbons (Fsp3) is 0.310. The van der Waals surface area contributed by atoms with E-state index >= 15 is 0 Å². The summed E-state index contributed by atoms with van der Waals surface area (Å²) >= 11 is 7.73. The molecule has 0 unspecified atom stereocenters. The minimum atomic E-state index is -0.598. The largest absolute Gasteiger partial charge is 0.354 e. The van der Waals surface area contributed by atoms with Crippen molar-refractivity contribution in [1.82, 2.24) is 10.2 Å². The number of thioether (sulfide) groups is 1. The summed E-state index contributed by atoms with van der Waals surface area (Å²) in [5.74, 6) is 0.505. The predicted octanol–water partition coefficient (Wildman–Crippen LogP) is 6.38. The van der Waals surface area contributed by atoms with Gasteiger partial charge in [-0.05, 0) is 41.8 Å². The molecule has 0 saturated heterocycles. The Bertz CT molecular complexity index is 1050. The second-order valence-corrected chi connectivity index (χ2v) is 10.0. The van der Waals surface area contributed by atoms with E-state index in [0.29, 0.717) is 36.7 Å². The number of hydrogen-bond acceptors (Lipinski definition) is 3. The number of halogens is 1. The van der Waals surface area contributed by atoms with Crippen LogP contribution in [0, 0.1) is 0 Å². The van der Waals surface area contributed by atoms with E-state index in [2.05, 4.69) is 12.2 Å². The van der Waals surface area contributed by atoms with Crippen LogP contribution in [0.3, 0.4) is 0 Å². The zero-order valence-electron chi connectivity index (χ0n) is 20.2. The summed E-state index contributed by atoms with van der Waals surface area (Å²) in [6.45, 7) is 3.05. The molecule has 6 heteroatoms. The number of carbonyl (C=O) groups excluding carboxylic acids is 2. The van der Waals surface area contributed by atoms with E-state index in [-0.39, 0.29) is 11.8 Å². The van der Waals surface area contributed by atoms with Crippen LogP contribution in [0.5, 0.6) is 0 Å². The van der Waals surface area contributed by atoms with Gasteiger partial charge < -0.3 is 10.2 Å². The Labute approximate surface area is 218 Å². The van der Waals surface area contributed by atoms with Crippen molar-refractivity contribution in [2.24, 2.45) is 0 Å². The Hall–Kier alpha value is -2.76. The lowest BCUT2D eigenvalue weighted by molar-refractivity contribution is -0.141. The van der Waals surface area contributed by atoms with E-state index < -0.39 is 6.04 Å². The zero-order chi connectivity index (χ0) is 24.9. The van der Waals surface area contributed by atoms with Crippen LogP contribution in [0.1, 0.15) is 37.3 Å². The molecule has 0 heterocycles. The monoisotopic (exact) mass is 508 g/mol. The van der Waals surface area contributed by atoms with Crippen molar-refractivity contribution in [1.29, 1.82) is 0 Å². The van der Waals surface area contributed by atoms with Crippen LogP contribution in [0.2, 0.25) is 5.02 Å². The van der Waals surface area contributed by atoms with E-state index in [4.69, 9.17) is 11.6 Å². The van der Waals surface area contributed by atoms with E-state index in [9.17, 15) is 9.59 Å². The van der Waals surface area contributed by atoms with Crippen molar-refractivity contribution in [3.63, 3.8) is 0 Å². The van der Waals surface area contributed by atoms with Gasteiger partial charge in [-0.25, -0.2) is 0 Å². The highest BCUT2D eigenvalue weighted by atomic mass is 35.5. The van der Waals surface area contributed by atoms with Crippen molar-refractivity contribution in [2.45, 2.75) is 50.1 Å². The van der Waals surface area contributed by atoms with Gasteiger partial charge in [-0.1, -0.05) is 85.6 Å². The summed E-state index contributed by atoms with van der Waals surface area (Å²) in [7, 11) is 0. The van der Waals surface area contributed by atoms with Crippen LogP contribution in [-0.4, -0.2) is 35.1 Å². The molecule has 0 radical (unpaired) electrons. The third-order valence-electron chi connectivity index (χ3n) is 5.69. The molecule has 184 valence electrons. The fourth-order valence-electron chi connectivity index (χ4n) is 3.76. The van der Waals surface area contributed by atoms with Crippen LogP contribution < -0.4 is 5.32 Å². The lowest BCUT2D eigenvalue weighted by atomic mass is 10.0. The maximum absolute atomic E-state index is 13.6. The maximum atomic E-state index is 13.6. The number of unbranched alkanes of at least 4 members (excludes halogenated alkanes) is 1. The first-order valence-corrected chi connectivity index (χ1v) is 13.5. The van der Waals surface area contributed by atoms with Gasteiger partial charge in [0, 0.05) is 41.6 Å². The number of rotatable bonds is 13. The summed E-state index contributed by atoms with van der Waals surface area (Å²) < 4.78 is 0. The second kappa shape index (κ2) is 14.6. The van der Waals surface area contributed by atoms with E-state index in [1.807, 2.05) is 84.9 Å². The summed E-state index contributed by atoms with van der Waals surface area (Å²) in [4.78, 5) is 29.8. The molecule has 0 aliphatic rings. The standard InChI is InChI=1S/C29H33ClN2O2S/c1-2-3-19-31-29(34)27(21-23-10-6-4-7-11-23)32(22-24-14-16-25(30)17-15-24)28(33)18-20-35-26-12-8-5-9-13-26/h4-17,27H,2-3,18-22H2,1H3,(H,31,34)/t27-/m1/s1. The molecule has 0 aromatic heterocycles. The molecule has 1 atom stereocenters. The molecule has 4 nitrogen and oxygen atoms in total. The van der Waals surface area contributed by atoms with Gasteiger partial charge in [0.2, 0.25) is 11.8 Å². The quantitative estimate of drug-likeness (QED) is 0.215. The Morgan fingerprint density at radius 3 is 2.23 bits per heavy atom. The van der Waals surface area contributed by atoms with Crippen LogP contribution >= 0.6 is 23.4 Å². The van der Waals surface area contributed by atoms with Gasteiger partial charge in [-0.3, -0.25) is 9.59 Å². The first-order chi connectivity index (χ1) is 17.1. The first-order valence-electron chi connectivity index (χ1n) is 12.1.